The van der Waals surface area contributed by atoms with Gasteiger partial charge in [0.25, 0.3) is 0 Å². The molecular formula is C64H114O6. The Hall–Kier alpha value is -2.89. The van der Waals surface area contributed by atoms with E-state index in [0.29, 0.717) is 19.3 Å². The molecule has 6 nitrogen and oxygen atoms in total. The Morgan fingerprint density at radius 2 is 0.529 bits per heavy atom. The molecule has 0 amide bonds. The minimum Gasteiger partial charge on any atom is -0.462 e. The lowest BCUT2D eigenvalue weighted by Crippen LogP contribution is -2.30. The van der Waals surface area contributed by atoms with E-state index >= 15 is 0 Å². The second-order valence-corrected chi connectivity index (χ2v) is 20.3. The molecule has 0 aromatic carbocycles. The highest BCUT2D eigenvalue weighted by Gasteiger charge is 2.19. The average Bonchev–Trinajstić information content (AvgIpc) is 3.36. The van der Waals surface area contributed by atoms with Gasteiger partial charge < -0.3 is 14.2 Å². The minimum absolute atomic E-state index is 0.0832. The van der Waals surface area contributed by atoms with Crippen molar-refractivity contribution in [1.29, 1.82) is 0 Å². The number of hydrogen-bond acceptors (Lipinski definition) is 6. The highest BCUT2D eigenvalue weighted by molar-refractivity contribution is 5.71. The Bertz CT molecular complexity index is 1260. The monoisotopic (exact) mass is 979 g/mol. The summed E-state index contributed by atoms with van der Waals surface area (Å²) >= 11 is 0. The molecule has 0 bridgehead atoms. The lowest BCUT2D eigenvalue weighted by Gasteiger charge is -2.18. The van der Waals surface area contributed by atoms with Crippen LogP contribution in [0.2, 0.25) is 0 Å². The molecule has 6 heteroatoms. The van der Waals surface area contributed by atoms with E-state index in [1.807, 2.05) is 0 Å². The molecule has 0 aliphatic heterocycles. The largest absolute Gasteiger partial charge is 0.462 e. The molecule has 0 aliphatic rings. The SMILES string of the molecule is CCCC/C=C\C/C=C\CCCCCCCC(=O)OC[C@H](COC(=O)CCCCCCCC/C=C\C/C=C\C/C=C\CCCCC)OC(=O)CCCCCCCCCCCCCCCCCCCCC. The maximum absolute atomic E-state index is 12.9. The van der Waals surface area contributed by atoms with E-state index in [-0.39, 0.29) is 31.1 Å². The van der Waals surface area contributed by atoms with Gasteiger partial charge in [-0.2, -0.15) is 0 Å². The molecule has 1 atom stereocenters. The molecule has 0 unspecified atom stereocenters. The zero-order valence-electron chi connectivity index (χ0n) is 46.5. The van der Waals surface area contributed by atoms with Crippen LogP contribution in [-0.4, -0.2) is 37.2 Å². The Balaban J connectivity index is 4.37. The van der Waals surface area contributed by atoms with Crippen LogP contribution in [0.15, 0.2) is 60.8 Å². The summed E-state index contributed by atoms with van der Waals surface area (Å²) in [5, 5.41) is 0. The quantitative estimate of drug-likeness (QED) is 0.0261. The predicted octanol–water partition coefficient (Wildman–Crippen LogP) is 20.4. The summed E-state index contributed by atoms with van der Waals surface area (Å²) in [5.74, 6) is -0.893. The Morgan fingerprint density at radius 3 is 0.871 bits per heavy atom. The first kappa shape index (κ1) is 67.1. The topological polar surface area (TPSA) is 78.9 Å². The first-order valence-electron chi connectivity index (χ1n) is 30.3. The van der Waals surface area contributed by atoms with Crippen molar-refractivity contribution < 1.29 is 28.6 Å². The molecule has 0 radical (unpaired) electrons. The van der Waals surface area contributed by atoms with Gasteiger partial charge in [0, 0.05) is 19.3 Å². The van der Waals surface area contributed by atoms with E-state index < -0.39 is 6.10 Å². The number of unbranched alkanes of at least 4 members (excludes halogenated alkanes) is 34. The summed E-state index contributed by atoms with van der Waals surface area (Å²) in [6, 6.07) is 0. The van der Waals surface area contributed by atoms with Gasteiger partial charge >= 0.3 is 17.9 Å². The van der Waals surface area contributed by atoms with Crippen LogP contribution in [0.3, 0.4) is 0 Å². The summed E-state index contributed by atoms with van der Waals surface area (Å²) in [7, 11) is 0. The fourth-order valence-corrected chi connectivity index (χ4v) is 8.64. The van der Waals surface area contributed by atoms with Crippen molar-refractivity contribution in [3.63, 3.8) is 0 Å². The molecule has 0 heterocycles. The van der Waals surface area contributed by atoms with Crippen LogP contribution in [0, 0.1) is 0 Å². The summed E-state index contributed by atoms with van der Waals surface area (Å²) in [6.07, 6.45) is 73.5. The number of rotatable bonds is 55. The van der Waals surface area contributed by atoms with Gasteiger partial charge in [-0.25, -0.2) is 0 Å². The van der Waals surface area contributed by atoms with Gasteiger partial charge in [-0.15, -0.1) is 0 Å². The van der Waals surface area contributed by atoms with Crippen LogP contribution >= 0.6 is 0 Å². The zero-order chi connectivity index (χ0) is 50.7. The number of carbonyl (C=O) groups is 3. The van der Waals surface area contributed by atoms with Gasteiger partial charge in [0.05, 0.1) is 0 Å². The molecule has 70 heavy (non-hydrogen) atoms. The van der Waals surface area contributed by atoms with Gasteiger partial charge in [-0.05, 0) is 83.5 Å². The minimum atomic E-state index is -0.784. The van der Waals surface area contributed by atoms with Crippen LogP contribution in [-0.2, 0) is 28.6 Å². The van der Waals surface area contributed by atoms with Crippen LogP contribution in [0.5, 0.6) is 0 Å². The molecule has 406 valence electrons. The molecule has 0 aromatic heterocycles. The number of carbonyl (C=O) groups excluding carboxylic acids is 3. The smallest absolute Gasteiger partial charge is 0.306 e. The maximum Gasteiger partial charge on any atom is 0.306 e. The second kappa shape index (κ2) is 58.7. The number of esters is 3. The normalized spacial score (nSPS) is 12.4. The average molecular weight is 980 g/mol. The van der Waals surface area contributed by atoms with Crippen molar-refractivity contribution in [2.75, 3.05) is 13.2 Å². The van der Waals surface area contributed by atoms with E-state index in [0.717, 1.165) is 96.3 Å². The van der Waals surface area contributed by atoms with Crippen molar-refractivity contribution >= 4 is 17.9 Å². The Kier molecular flexibility index (Phi) is 56.3. The highest BCUT2D eigenvalue weighted by atomic mass is 16.6. The van der Waals surface area contributed by atoms with E-state index in [1.165, 1.54) is 173 Å². The van der Waals surface area contributed by atoms with E-state index in [2.05, 4.69) is 81.5 Å². The van der Waals surface area contributed by atoms with Crippen LogP contribution in [0.1, 0.15) is 310 Å². The van der Waals surface area contributed by atoms with Gasteiger partial charge in [0.2, 0.25) is 0 Å². The zero-order valence-corrected chi connectivity index (χ0v) is 46.5. The van der Waals surface area contributed by atoms with E-state index in [9.17, 15) is 14.4 Å². The van der Waals surface area contributed by atoms with Crippen molar-refractivity contribution in [1.82, 2.24) is 0 Å². The molecule has 0 rings (SSSR count). The standard InChI is InChI=1S/C64H114O6/c1-4-7-10-13-16-19-22-25-28-30-32-34-36-39-42-45-48-51-54-57-63(66)69-60-61(59-68-62(65)56-53-50-47-44-41-38-27-24-21-18-15-12-9-6-3)70-64(67)58-55-52-49-46-43-40-37-35-33-31-29-26-23-20-17-14-11-8-5-2/h15-16,18-19,24-25,27-28,32,34,61H,4-14,17,20-23,26,29-31,33,35-60H2,1-3H3/b18-15-,19-16-,27-24-,28-25-,34-32-/t61-/m1/s1. The molecule has 0 aromatic rings. The number of ether oxygens (including phenoxy) is 3. The molecule has 0 spiro atoms. The molecule has 0 N–H and O–H groups in total. The van der Waals surface area contributed by atoms with Crippen LogP contribution < -0.4 is 0 Å². The first-order chi connectivity index (χ1) is 34.5. The fraction of sp³-hybridized carbons (Fsp3) is 0.797. The van der Waals surface area contributed by atoms with E-state index in [1.54, 1.807) is 0 Å². The van der Waals surface area contributed by atoms with Crippen molar-refractivity contribution in [3.05, 3.63) is 60.8 Å². The number of allylic oxidation sites excluding steroid dienone is 10. The lowest BCUT2D eigenvalue weighted by atomic mass is 10.0. The van der Waals surface area contributed by atoms with Crippen LogP contribution in [0.4, 0.5) is 0 Å². The van der Waals surface area contributed by atoms with Crippen molar-refractivity contribution in [2.24, 2.45) is 0 Å². The Morgan fingerprint density at radius 1 is 0.286 bits per heavy atom. The van der Waals surface area contributed by atoms with Gasteiger partial charge in [0.1, 0.15) is 13.2 Å². The lowest BCUT2D eigenvalue weighted by molar-refractivity contribution is -0.167. The molecule has 0 aliphatic carbocycles. The van der Waals surface area contributed by atoms with Gasteiger partial charge in [0.15, 0.2) is 6.10 Å². The summed E-state index contributed by atoms with van der Waals surface area (Å²) in [6.45, 7) is 6.59. The third-order valence-corrected chi connectivity index (χ3v) is 13.2. The van der Waals surface area contributed by atoms with Gasteiger partial charge in [-0.1, -0.05) is 268 Å². The third kappa shape index (κ3) is 56.0. The Labute approximate surface area is 434 Å². The fourth-order valence-electron chi connectivity index (χ4n) is 8.64. The van der Waals surface area contributed by atoms with Crippen molar-refractivity contribution in [3.8, 4) is 0 Å². The molecule has 0 saturated heterocycles. The van der Waals surface area contributed by atoms with Crippen molar-refractivity contribution in [2.45, 2.75) is 316 Å². The first-order valence-corrected chi connectivity index (χ1v) is 30.3. The van der Waals surface area contributed by atoms with E-state index in [4.69, 9.17) is 14.2 Å². The predicted molar refractivity (Wildman–Crippen MR) is 302 cm³/mol. The number of hydrogen-bond donors (Lipinski definition) is 0. The molecule has 0 fully saturated rings. The second-order valence-electron chi connectivity index (χ2n) is 20.3. The highest BCUT2D eigenvalue weighted by Crippen LogP contribution is 2.16. The molecular weight excluding hydrogens is 865 g/mol. The summed E-state index contributed by atoms with van der Waals surface area (Å²) in [4.78, 5) is 38.2. The maximum atomic E-state index is 12.9. The molecule has 0 saturated carbocycles. The third-order valence-electron chi connectivity index (χ3n) is 13.2. The van der Waals surface area contributed by atoms with Gasteiger partial charge in [-0.3, -0.25) is 14.4 Å². The van der Waals surface area contributed by atoms with Crippen LogP contribution in [0.25, 0.3) is 0 Å². The summed E-state index contributed by atoms with van der Waals surface area (Å²) in [5.41, 5.74) is 0. The summed E-state index contributed by atoms with van der Waals surface area (Å²) < 4.78 is 16.9.